The number of aliphatic hydroxyl groups excluding tert-OH is 1. The van der Waals surface area contributed by atoms with Crippen LogP contribution in [-0.2, 0) is 10.0 Å². The third-order valence-corrected chi connectivity index (χ3v) is 6.25. The molecule has 0 unspecified atom stereocenters. The van der Waals surface area contributed by atoms with E-state index in [1.165, 1.54) is 4.31 Å². The Morgan fingerprint density at radius 2 is 1.95 bits per heavy atom. The Morgan fingerprint density at radius 1 is 1.29 bits per heavy atom. The zero-order valence-electron chi connectivity index (χ0n) is 13.0. The summed E-state index contributed by atoms with van der Waals surface area (Å²) in [5.74, 6) is 0.873. The summed E-state index contributed by atoms with van der Waals surface area (Å²) in [5.41, 5.74) is 1.48. The van der Waals surface area contributed by atoms with Crippen molar-refractivity contribution in [3.8, 4) is 5.75 Å². The number of aryl methyl sites for hydroxylation is 2. The number of rotatable bonds is 4. The molecule has 1 aromatic carbocycles. The van der Waals surface area contributed by atoms with Crippen LogP contribution in [0.1, 0.15) is 18.1 Å². The fourth-order valence-corrected chi connectivity index (χ4v) is 4.71. The molecule has 21 heavy (non-hydrogen) atoms. The maximum absolute atomic E-state index is 12.8. The predicted molar refractivity (Wildman–Crippen MR) is 81.0 cm³/mol. The first-order valence-corrected chi connectivity index (χ1v) is 8.51. The van der Waals surface area contributed by atoms with E-state index in [0.717, 1.165) is 5.56 Å². The highest BCUT2D eigenvalue weighted by Gasteiger charge is 2.37. The molecule has 1 fully saturated rings. The second-order valence-corrected chi connectivity index (χ2v) is 7.74. The zero-order valence-corrected chi connectivity index (χ0v) is 13.8. The molecule has 5 nitrogen and oxygen atoms in total. The molecular formula is C15H23NO4S. The van der Waals surface area contributed by atoms with Crippen LogP contribution in [0.2, 0.25) is 0 Å². The van der Waals surface area contributed by atoms with Crippen LogP contribution in [-0.4, -0.2) is 44.6 Å². The van der Waals surface area contributed by atoms with Gasteiger partial charge in [-0.15, -0.1) is 0 Å². The number of nitrogens with zero attached hydrogens (tertiary/aromatic N) is 1. The smallest absolute Gasteiger partial charge is 0.243 e. The van der Waals surface area contributed by atoms with E-state index in [4.69, 9.17) is 4.74 Å². The predicted octanol–water partition coefficient (Wildman–Crippen LogP) is 1.56. The Balaban J connectivity index is 2.39. The van der Waals surface area contributed by atoms with Crippen LogP contribution < -0.4 is 4.74 Å². The van der Waals surface area contributed by atoms with Gasteiger partial charge < -0.3 is 9.84 Å². The second-order valence-electron chi connectivity index (χ2n) is 5.83. The lowest BCUT2D eigenvalue weighted by Gasteiger charge is -2.19. The molecule has 0 aliphatic carbocycles. The third kappa shape index (κ3) is 2.93. The van der Waals surface area contributed by atoms with Gasteiger partial charge in [0.1, 0.15) is 5.75 Å². The highest BCUT2D eigenvalue weighted by atomic mass is 32.2. The van der Waals surface area contributed by atoms with Crippen LogP contribution in [0.25, 0.3) is 0 Å². The molecule has 1 aliphatic heterocycles. The highest BCUT2D eigenvalue weighted by molar-refractivity contribution is 7.89. The van der Waals surface area contributed by atoms with Crippen LogP contribution in [0.3, 0.4) is 0 Å². The molecule has 2 atom stereocenters. The van der Waals surface area contributed by atoms with Gasteiger partial charge >= 0.3 is 0 Å². The fourth-order valence-electron chi connectivity index (χ4n) is 2.82. The minimum absolute atomic E-state index is 0.0134. The molecule has 1 aliphatic rings. The van der Waals surface area contributed by atoms with Crippen LogP contribution in [0.4, 0.5) is 0 Å². The SMILES string of the molecule is COc1cc(C)c(S(=O)(=O)N2C[C@@H](CO)[C@H](C)C2)cc1C. The number of hydrogen-bond acceptors (Lipinski definition) is 4. The Hall–Kier alpha value is -1.11. The van der Waals surface area contributed by atoms with Gasteiger partial charge in [-0.3, -0.25) is 0 Å². The van der Waals surface area contributed by atoms with Gasteiger partial charge in [-0.2, -0.15) is 4.31 Å². The van der Waals surface area contributed by atoms with Crippen molar-refractivity contribution in [1.29, 1.82) is 0 Å². The lowest BCUT2D eigenvalue weighted by atomic mass is 10.00. The van der Waals surface area contributed by atoms with Crippen molar-refractivity contribution >= 4 is 10.0 Å². The minimum atomic E-state index is -3.53. The van der Waals surface area contributed by atoms with Gasteiger partial charge in [-0.1, -0.05) is 6.92 Å². The lowest BCUT2D eigenvalue weighted by molar-refractivity contribution is 0.210. The monoisotopic (exact) mass is 313 g/mol. The Bertz CT molecular complexity index is 627. The van der Waals surface area contributed by atoms with Gasteiger partial charge in [-0.25, -0.2) is 8.42 Å². The summed E-state index contributed by atoms with van der Waals surface area (Å²) in [6.45, 7) is 6.44. The van der Waals surface area contributed by atoms with E-state index >= 15 is 0 Å². The van der Waals surface area contributed by atoms with Gasteiger partial charge in [0.15, 0.2) is 0 Å². The van der Waals surface area contributed by atoms with Crippen molar-refractivity contribution in [3.05, 3.63) is 23.3 Å². The van der Waals surface area contributed by atoms with Crippen molar-refractivity contribution in [2.24, 2.45) is 11.8 Å². The first kappa shape index (κ1) is 16.3. The maximum Gasteiger partial charge on any atom is 0.243 e. The number of methoxy groups -OCH3 is 1. The number of benzene rings is 1. The van der Waals surface area contributed by atoms with Crippen molar-refractivity contribution in [1.82, 2.24) is 4.31 Å². The largest absolute Gasteiger partial charge is 0.496 e. The molecule has 1 aromatic rings. The molecule has 0 spiro atoms. The van der Waals surface area contributed by atoms with Gasteiger partial charge in [0.25, 0.3) is 0 Å². The summed E-state index contributed by atoms with van der Waals surface area (Å²) in [5, 5.41) is 9.32. The van der Waals surface area contributed by atoms with E-state index in [9.17, 15) is 13.5 Å². The molecular weight excluding hydrogens is 290 g/mol. The molecule has 0 amide bonds. The first-order valence-electron chi connectivity index (χ1n) is 7.07. The minimum Gasteiger partial charge on any atom is -0.496 e. The zero-order chi connectivity index (χ0) is 15.8. The average Bonchev–Trinajstić information content (AvgIpc) is 2.82. The maximum atomic E-state index is 12.8. The van der Waals surface area contributed by atoms with Gasteiger partial charge in [0.2, 0.25) is 10.0 Å². The second kappa shape index (κ2) is 5.94. The third-order valence-electron chi connectivity index (χ3n) is 4.28. The quantitative estimate of drug-likeness (QED) is 0.916. The van der Waals surface area contributed by atoms with Crippen molar-refractivity contribution in [3.63, 3.8) is 0 Å². The molecule has 0 radical (unpaired) electrons. The number of sulfonamides is 1. The van der Waals surface area contributed by atoms with E-state index in [1.807, 2.05) is 13.8 Å². The normalized spacial score (nSPS) is 23.5. The molecule has 0 saturated carbocycles. The molecule has 0 bridgehead atoms. The van der Waals surface area contributed by atoms with Crippen LogP contribution in [0.15, 0.2) is 17.0 Å². The highest BCUT2D eigenvalue weighted by Crippen LogP contribution is 2.32. The molecule has 118 valence electrons. The van der Waals surface area contributed by atoms with E-state index in [0.29, 0.717) is 29.3 Å². The number of hydrogen-bond donors (Lipinski definition) is 1. The summed E-state index contributed by atoms with van der Waals surface area (Å²) in [6.07, 6.45) is 0. The molecule has 1 N–H and O–H groups in total. The molecule has 6 heteroatoms. The van der Waals surface area contributed by atoms with Crippen LogP contribution >= 0.6 is 0 Å². The summed E-state index contributed by atoms with van der Waals surface area (Å²) >= 11 is 0. The van der Waals surface area contributed by atoms with Gasteiger partial charge in [0, 0.05) is 19.7 Å². The van der Waals surface area contributed by atoms with Gasteiger partial charge in [0.05, 0.1) is 12.0 Å². The first-order chi connectivity index (χ1) is 9.81. The Kier molecular flexibility index (Phi) is 4.60. The summed E-state index contributed by atoms with van der Waals surface area (Å²) < 4.78 is 32.3. The molecule has 2 rings (SSSR count). The van der Waals surface area contributed by atoms with E-state index < -0.39 is 10.0 Å². The fraction of sp³-hybridized carbons (Fsp3) is 0.600. The number of aliphatic hydroxyl groups is 1. The Morgan fingerprint density at radius 3 is 2.48 bits per heavy atom. The van der Waals surface area contributed by atoms with Crippen molar-refractivity contribution < 1.29 is 18.3 Å². The lowest BCUT2D eigenvalue weighted by Crippen LogP contribution is -2.30. The summed E-state index contributed by atoms with van der Waals surface area (Å²) in [6, 6.07) is 3.42. The molecule has 0 aromatic heterocycles. The summed E-state index contributed by atoms with van der Waals surface area (Å²) in [7, 11) is -1.95. The van der Waals surface area contributed by atoms with Crippen LogP contribution in [0.5, 0.6) is 5.75 Å². The van der Waals surface area contributed by atoms with E-state index in [-0.39, 0.29) is 18.4 Å². The van der Waals surface area contributed by atoms with E-state index in [2.05, 4.69) is 0 Å². The Labute approximate surface area is 126 Å². The standard InChI is InChI=1S/C15H23NO4S/c1-10-6-15(11(2)5-14(10)20-4)21(18,19)16-7-12(3)13(8-16)9-17/h5-6,12-13,17H,7-9H2,1-4H3/t12-,13+/m1/s1. The molecule has 1 heterocycles. The summed E-state index contributed by atoms with van der Waals surface area (Å²) in [4.78, 5) is 0.326. The van der Waals surface area contributed by atoms with E-state index in [1.54, 1.807) is 26.2 Å². The topological polar surface area (TPSA) is 66.8 Å². The van der Waals surface area contributed by atoms with Crippen molar-refractivity contribution in [2.45, 2.75) is 25.7 Å². The van der Waals surface area contributed by atoms with Crippen LogP contribution in [0, 0.1) is 25.7 Å². The molecule has 1 saturated heterocycles. The van der Waals surface area contributed by atoms with Crippen molar-refractivity contribution in [2.75, 3.05) is 26.8 Å². The average molecular weight is 313 g/mol. The number of ether oxygens (including phenoxy) is 1. The van der Waals surface area contributed by atoms with Gasteiger partial charge in [-0.05, 0) is 48.9 Å².